The monoisotopic (exact) mass is 421 g/mol. The van der Waals surface area contributed by atoms with Gasteiger partial charge in [-0.2, -0.15) is 0 Å². The number of nitrogens with one attached hydrogen (secondary N) is 2. The molecule has 0 saturated heterocycles. The van der Waals surface area contributed by atoms with E-state index in [0.29, 0.717) is 24.1 Å². The first-order chi connectivity index (χ1) is 15.1. The zero-order valence-corrected chi connectivity index (χ0v) is 17.2. The topological polar surface area (TPSA) is 72.5 Å². The molecule has 1 atom stereocenters. The molecule has 1 saturated carbocycles. The number of rotatable bonds is 8. The second kappa shape index (κ2) is 9.47. The highest BCUT2D eigenvalue weighted by molar-refractivity contribution is 5.74. The molecular weight excluding hydrogens is 397 g/mol. The van der Waals surface area contributed by atoms with Crippen molar-refractivity contribution in [2.75, 3.05) is 7.11 Å². The number of hydrogen-bond donors (Lipinski definition) is 2. The lowest BCUT2D eigenvalue weighted by Gasteiger charge is -2.19. The number of hydrogen-bond acceptors (Lipinski definition) is 4. The number of halogens is 1. The average Bonchev–Trinajstić information content (AvgIpc) is 3.64. The Kier molecular flexibility index (Phi) is 6.31. The van der Waals surface area contributed by atoms with Gasteiger partial charge in [-0.1, -0.05) is 18.2 Å². The van der Waals surface area contributed by atoms with Gasteiger partial charge in [-0.05, 0) is 66.3 Å². The Balaban J connectivity index is 1.29. The molecule has 31 heavy (non-hydrogen) atoms. The second-order valence-electron chi connectivity index (χ2n) is 7.48. The van der Waals surface area contributed by atoms with Crippen molar-refractivity contribution in [3.8, 4) is 17.4 Å². The van der Waals surface area contributed by atoms with Gasteiger partial charge < -0.3 is 20.1 Å². The molecule has 160 valence electrons. The van der Waals surface area contributed by atoms with Crippen LogP contribution in [0.1, 0.15) is 30.0 Å². The summed E-state index contributed by atoms with van der Waals surface area (Å²) in [5, 5.41) is 5.97. The van der Waals surface area contributed by atoms with Crippen LogP contribution in [0.3, 0.4) is 0 Å². The number of carbonyl (C=O) groups is 1. The molecule has 1 fully saturated rings. The summed E-state index contributed by atoms with van der Waals surface area (Å²) in [7, 11) is 1.63. The molecule has 6 nitrogen and oxygen atoms in total. The van der Waals surface area contributed by atoms with Gasteiger partial charge in [0, 0.05) is 18.8 Å². The van der Waals surface area contributed by atoms with Crippen molar-refractivity contribution in [3.63, 3.8) is 0 Å². The number of aromatic nitrogens is 1. The third kappa shape index (κ3) is 5.72. The van der Waals surface area contributed by atoms with Gasteiger partial charge in [0.1, 0.15) is 17.3 Å². The number of benzene rings is 2. The summed E-state index contributed by atoms with van der Waals surface area (Å²) in [6.45, 7) is 0.343. The first-order valence-corrected chi connectivity index (χ1v) is 10.2. The van der Waals surface area contributed by atoms with Crippen LogP contribution in [-0.4, -0.2) is 18.1 Å². The maximum absolute atomic E-state index is 13.0. The minimum Gasteiger partial charge on any atom is -0.497 e. The minimum absolute atomic E-state index is 0.0180. The van der Waals surface area contributed by atoms with Crippen LogP contribution < -0.4 is 20.1 Å². The number of amides is 2. The summed E-state index contributed by atoms with van der Waals surface area (Å²) in [4.78, 5) is 16.7. The summed E-state index contributed by atoms with van der Waals surface area (Å²) >= 11 is 0. The van der Waals surface area contributed by atoms with Crippen LogP contribution in [0, 0.1) is 11.7 Å². The summed E-state index contributed by atoms with van der Waals surface area (Å²) in [5.41, 5.74) is 1.91. The Hall–Kier alpha value is -3.61. The Morgan fingerprint density at radius 3 is 2.39 bits per heavy atom. The van der Waals surface area contributed by atoms with E-state index in [2.05, 4.69) is 15.6 Å². The Morgan fingerprint density at radius 1 is 1.06 bits per heavy atom. The molecule has 2 N–H and O–H groups in total. The largest absolute Gasteiger partial charge is 0.497 e. The maximum Gasteiger partial charge on any atom is 0.315 e. The molecule has 1 unspecified atom stereocenters. The molecular formula is C24H24FN3O3. The molecule has 0 aliphatic heterocycles. The fourth-order valence-corrected chi connectivity index (χ4v) is 3.29. The predicted octanol–water partition coefficient (Wildman–Crippen LogP) is 4.97. The number of urea groups is 1. The molecule has 2 amide bonds. The summed E-state index contributed by atoms with van der Waals surface area (Å²) in [6, 6.07) is 16.8. The van der Waals surface area contributed by atoms with Crippen LogP contribution in [0.4, 0.5) is 9.18 Å². The summed E-state index contributed by atoms with van der Waals surface area (Å²) in [5.74, 6) is 1.83. The Bertz CT molecular complexity index is 1000. The van der Waals surface area contributed by atoms with E-state index in [0.717, 1.165) is 29.7 Å². The van der Waals surface area contributed by atoms with Gasteiger partial charge in [0.2, 0.25) is 5.88 Å². The Morgan fingerprint density at radius 2 is 1.77 bits per heavy atom. The first-order valence-electron chi connectivity index (χ1n) is 10.2. The number of nitrogens with zero attached hydrogens (tertiary/aromatic N) is 1. The molecule has 1 aliphatic carbocycles. The minimum atomic E-state index is -0.323. The van der Waals surface area contributed by atoms with Crippen LogP contribution in [0.5, 0.6) is 17.4 Å². The SMILES string of the molecule is COc1ccc(C(NC(=O)NCc2ccc(Oc3ccc(F)cc3)nc2)C2CC2)cc1. The molecule has 0 spiro atoms. The quantitative estimate of drug-likeness (QED) is 0.539. The van der Waals surface area contributed by atoms with Crippen LogP contribution in [-0.2, 0) is 6.54 Å². The van der Waals surface area contributed by atoms with Crippen LogP contribution in [0.2, 0.25) is 0 Å². The van der Waals surface area contributed by atoms with E-state index in [1.807, 2.05) is 30.3 Å². The molecule has 7 heteroatoms. The molecule has 4 rings (SSSR count). The van der Waals surface area contributed by atoms with Gasteiger partial charge in [0.05, 0.1) is 13.2 Å². The third-order valence-corrected chi connectivity index (χ3v) is 5.14. The van der Waals surface area contributed by atoms with Crippen molar-refractivity contribution >= 4 is 6.03 Å². The summed E-state index contributed by atoms with van der Waals surface area (Å²) in [6.07, 6.45) is 3.85. The van der Waals surface area contributed by atoms with Crippen molar-refractivity contribution < 1.29 is 18.7 Å². The highest BCUT2D eigenvalue weighted by Gasteiger charge is 2.33. The van der Waals surface area contributed by atoms with Gasteiger partial charge in [-0.25, -0.2) is 14.2 Å². The molecule has 1 heterocycles. The van der Waals surface area contributed by atoms with E-state index in [4.69, 9.17) is 9.47 Å². The standard InChI is InChI=1S/C24H24FN3O3/c1-30-20-9-5-18(6-10-20)23(17-3-4-17)28-24(29)27-15-16-2-13-22(26-14-16)31-21-11-7-19(25)8-12-21/h2,5-14,17,23H,3-4,15H2,1H3,(H2,27,28,29). The lowest BCUT2D eigenvalue weighted by molar-refractivity contribution is 0.235. The van der Waals surface area contributed by atoms with Crippen LogP contribution in [0.25, 0.3) is 0 Å². The number of carbonyl (C=O) groups excluding carboxylic acids is 1. The normalized spacial score (nSPS) is 13.9. The van der Waals surface area contributed by atoms with E-state index in [9.17, 15) is 9.18 Å². The first kappa shape index (κ1) is 20.7. The number of methoxy groups -OCH3 is 1. The van der Waals surface area contributed by atoms with Crippen molar-refractivity contribution in [1.29, 1.82) is 0 Å². The smallest absolute Gasteiger partial charge is 0.315 e. The van der Waals surface area contributed by atoms with Crippen LogP contribution in [0.15, 0.2) is 66.9 Å². The van der Waals surface area contributed by atoms with Crippen molar-refractivity contribution in [2.45, 2.75) is 25.4 Å². The van der Waals surface area contributed by atoms with Crippen molar-refractivity contribution in [1.82, 2.24) is 15.6 Å². The Labute approximate surface area is 180 Å². The lowest BCUT2D eigenvalue weighted by atomic mass is 10.0. The lowest BCUT2D eigenvalue weighted by Crippen LogP contribution is -2.38. The molecule has 3 aromatic rings. The van der Waals surface area contributed by atoms with Gasteiger partial charge in [0.25, 0.3) is 0 Å². The highest BCUT2D eigenvalue weighted by Crippen LogP contribution is 2.41. The fraction of sp³-hybridized carbons (Fsp3) is 0.250. The highest BCUT2D eigenvalue weighted by atomic mass is 19.1. The predicted molar refractivity (Wildman–Crippen MR) is 115 cm³/mol. The molecule has 2 aromatic carbocycles. The second-order valence-corrected chi connectivity index (χ2v) is 7.48. The van der Waals surface area contributed by atoms with Gasteiger partial charge >= 0.3 is 6.03 Å². The number of ether oxygens (including phenoxy) is 2. The van der Waals surface area contributed by atoms with E-state index in [1.54, 1.807) is 19.4 Å². The van der Waals surface area contributed by atoms with Gasteiger partial charge in [0.15, 0.2) is 0 Å². The molecule has 0 radical (unpaired) electrons. The van der Waals surface area contributed by atoms with Gasteiger partial charge in [-0.15, -0.1) is 0 Å². The average molecular weight is 421 g/mol. The summed E-state index contributed by atoms with van der Waals surface area (Å²) < 4.78 is 23.8. The molecule has 0 bridgehead atoms. The fourth-order valence-electron chi connectivity index (χ4n) is 3.29. The maximum atomic E-state index is 13.0. The zero-order chi connectivity index (χ0) is 21.6. The molecule has 1 aromatic heterocycles. The van der Waals surface area contributed by atoms with E-state index in [1.165, 1.54) is 24.3 Å². The van der Waals surface area contributed by atoms with Gasteiger partial charge in [-0.3, -0.25) is 0 Å². The third-order valence-electron chi connectivity index (χ3n) is 5.14. The van der Waals surface area contributed by atoms with E-state index >= 15 is 0 Å². The van der Waals surface area contributed by atoms with E-state index < -0.39 is 0 Å². The van der Waals surface area contributed by atoms with Crippen molar-refractivity contribution in [2.24, 2.45) is 5.92 Å². The van der Waals surface area contributed by atoms with Crippen LogP contribution >= 0.6 is 0 Å². The zero-order valence-electron chi connectivity index (χ0n) is 17.2. The van der Waals surface area contributed by atoms with Crippen molar-refractivity contribution in [3.05, 3.63) is 83.8 Å². The molecule has 1 aliphatic rings. The van der Waals surface area contributed by atoms with E-state index in [-0.39, 0.29) is 17.9 Å². The number of pyridine rings is 1.